The zero-order valence-electron chi connectivity index (χ0n) is 32.1. The number of hydrogen-bond donors (Lipinski definition) is 12. The number of carbonyl (C=O) groups excluding carboxylic acids is 7. The van der Waals surface area contributed by atoms with Gasteiger partial charge in [0, 0.05) is 29.9 Å². The molecule has 0 bridgehead atoms. The molecule has 0 saturated carbocycles. The minimum absolute atomic E-state index is 0.00893. The number of aliphatic carboxylic acids is 1. The Balaban J connectivity index is 1.54. The molecule has 1 aromatic heterocycles. The van der Waals surface area contributed by atoms with Crippen LogP contribution in [0.2, 0.25) is 0 Å². The molecule has 7 amide bonds. The molecule has 318 valence electrons. The summed E-state index contributed by atoms with van der Waals surface area (Å²) in [6.45, 7) is -1.02. The highest BCUT2D eigenvalue weighted by Gasteiger charge is 2.34. The van der Waals surface area contributed by atoms with Crippen molar-refractivity contribution in [1.82, 2.24) is 31.6 Å². The SMILES string of the molecule is NC(=O)C[C@H](NC(=O)[C@H](Cc1c[nH]c2ccccc12)NC(=O)[C@H](CC(N)=O)NC(=O)[C@@H](N)Cc1ccc(O)cc1)C(=O)N[C@@H](CO)C(=O)N[C@@H](Cc1ccccc1)C(=O)O. The zero-order chi connectivity index (χ0) is 43.9. The third kappa shape index (κ3) is 13.4. The van der Waals surface area contributed by atoms with E-state index in [2.05, 4.69) is 31.6 Å². The van der Waals surface area contributed by atoms with Crippen molar-refractivity contribution in [2.24, 2.45) is 17.2 Å². The molecule has 0 aliphatic heterocycles. The van der Waals surface area contributed by atoms with Crippen LogP contribution in [0.4, 0.5) is 0 Å². The zero-order valence-corrected chi connectivity index (χ0v) is 32.1. The number of benzene rings is 3. The summed E-state index contributed by atoms with van der Waals surface area (Å²) in [5.74, 6) is -8.68. The number of para-hydroxylation sites is 1. The topological polar surface area (TPSA) is 351 Å². The molecule has 20 nitrogen and oxygen atoms in total. The number of rotatable bonds is 22. The Bertz CT molecular complexity index is 2180. The van der Waals surface area contributed by atoms with Gasteiger partial charge in [-0.3, -0.25) is 33.6 Å². The number of hydrogen-bond acceptors (Lipinski definition) is 11. The molecule has 4 rings (SSSR count). The summed E-state index contributed by atoms with van der Waals surface area (Å²) in [5, 5.41) is 41.6. The van der Waals surface area contributed by atoms with Gasteiger partial charge in [0.2, 0.25) is 41.4 Å². The molecule has 0 aliphatic carbocycles. The first kappa shape index (κ1) is 45.4. The number of carboxylic acid groups (broad SMARTS) is 1. The number of aromatic amines is 1. The largest absolute Gasteiger partial charge is 0.508 e. The molecule has 0 aliphatic rings. The molecular weight excluding hydrogens is 782 g/mol. The van der Waals surface area contributed by atoms with Crippen molar-refractivity contribution in [1.29, 1.82) is 0 Å². The summed E-state index contributed by atoms with van der Waals surface area (Å²) in [4.78, 5) is 107. The van der Waals surface area contributed by atoms with Crippen LogP contribution in [0.25, 0.3) is 10.9 Å². The fourth-order valence-corrected chi connectivity index (χ4v) is 6.14. The molecule has 15 N–H and O–H groups in total. The van der Waals surface area contributed by atoms with Crippen molar-refractivity contribution >= 4 is 58.2 Å². The minimum Gasteiger partial charge on any atom is -0.508 e. The Morgan fingerprint density at radius 3 is 1.63 bits per heavy atom. The Morgan fingerprint density at radius 1 is 0.567 bits per heavy atom. The Hall–Kier alpha value is -7.32. The predicted octanol–water partition coefficient (Wildman–Crippen LogP) is -2.52. The van der Waals surface area contributed by atoms with E-state index in [-0.39, 0.29) is 25.0 Å². The lowest BCUT2D eigenvalue weighted by atomic mass is 10.0. The second-order valence-corrected chi connectivity index (χ2v) is 13.9. The molecule has 0 spiro atoms. The highest BCUT2D eigenvalue weighted by molar-refractivity contribution is 5.99. The second-order valence-electron chi connectivity index (χ2n) is 13.9. The maximum Gasteiger partial charge on any atom is 0.326 e. The number of nitrogens with one attached hydrogen (secondary N) is 6. The molecule has 1 heterocycles. The molecule has 6 atom stereocenters. The van der Waals surface area contributed by atoms with Gasteiger partial charge >= 0.3 is 5.97 Å². The number of aliphatic hydroxyl groups is 1. The maximum absolute atomic E-state index is 14.0. The van der Waals surface area contributed by atoms with Crippen LogP contribution in [0.1, 0.15) is 29.5 Å². The van der Waals surface area contributed by atoms with Crippen molar-refractivity contribution in [3.8, 4) is 5.75 Å². The Kier molecular flexibility index (Phi) is 16.2. The van der Waals surface area contributed by atoms with Gasteiger partial charge in [-0.15, -0.1) is 0 Å². The molecular formula is C40H47N9O11. The molecule has 0 unspecified atom stereocenters. The molecule has 0 radical (unpaired) electrons. The summed E-state index contributed by atoms with van der Waals surface area (Å²) in [7, 11) is 0. The maximum atomic E-state index is 14.0. The van der Waals surface area contributed by atoms with Gasteiger partial charge in [0.1, 0.15) is 36.0 Å². The van der Waals surface area contributed by atoms with E-state index in [9.17, 15) is 53.7 Å². The number of phenolic OH excluding ortho intramolecular Hbond substituents is 1. The number of aromatic nitrogens is 1. The van der Waals surface area contributed by atoms with E-state index < -0.39 is 103 Å². The van der Waals surface area contributed by atoms with E-state index in [1.54, 1.807) is 60.8 Å². The van der Waals surface area contributed by atoms with Crippen molar-refractivity contribution in [3.63, 3.8) is 0 Å². The van der Waals surface area contributed by atoms with Crippen LogP contribution in [-0.2, 0) is 57.6 Å². The van der Waals surface area contributed by atoms with Crippen LogP contribution in [-0.4, -0.2) is 110 Å². The number of H-pyrrole nitrogens is 1. The fraction of sp³-hybridized carbons (Fsp3) is 0.300. The van der Waals surface area contributed by atoms with Crippen LogP contribution >= 0.6 is 0 Å². The van der Waals surface area contributed by atoms with Gasteiger partial charge in [0.25, 0.3) is 0 Å². The number of carboxylic acids is 1. The van der Waals surface area contributed by atoms with Gasteiger partial charge in [-0.25, -0.2) is 4.79 Å². The number of amides is 7. The first-order chi connectivity index (χ1) is 28.5. The summed E-state index contributed by atoms with van der Waals surface area (Å²) < 4.78 is 0. The number of fused-ring (bicyclic) bond motifs is 1. The van der Waals surface area contributed by atoms with Crippen molar-refractivity contribution in [2.75, 3.05) is 6.61 Å². The lowest BCUT2D eigenvalue weighted by Crippen LogP contribution is -2.60. The number of nitrogens with two attached hydrogens (primary N) is 3. The summed E-state index contributed by atoms with van der Waals surface area (Å²) in [5.41, 5.74) is 19.2. The van der Waals surface area contributed by atoms with Gasteiger partial charge in [-0.2, -0.15) is 0 Å². The summed E-state index contributed by atoms with van der Waals surface area (Å²) >= 11 is 0. The summed E-state index contributed by atoms with van der Waals surface area (Å²) in [6.07, 6.45) is -0.356. The fourth-order valence-electron chi connectivity index (χ4n) is 6.14. The van der Waals surface area contributed by atoms with E-state index in [0.29, 0.717) is 27.6 Å². The van der Waals surface area contributed by atoms with E-state index in [1.807, 2.05) is 0 Å². The average Bonchev–Trinajstić information content (AvgIpc) is 3.61. The average molecular weight is 830 g/mol. The van der Waals surface area contributed by atoms with Gasteiger partial charge in [0.15, 0.2) is 0 Å². The number of carbonyl (C=O) groups is 8. The third-order valence-electron chi connectivity index (χ3n) is 9.25. The Morgan fingerprint density at radius 2 is 1.05 bits per heavy atom. The standard InChI is InChI=1S/C40H47N9O11/c41-26(14-22-10-12-24(51)13-11-22)35(54)45-29(17-33(42)52)37(56)46-28(16-23-19-44-27-9-5-4-8-25(23)27)36(55)47-30(18-34(43)53)38(57)49-32(20-50)39(58)48-31(40(59)60)15-21-6-2-1-3-7-21/h1-13,19,26,28-32,44,50-51H,14-18,20,41H2,(H2,42,52)(H2,43,53)(H,45,54)(H,46,56)(H,47,55)(H,48,58)(H,49,57)(H,59,60)/t26-,28-,29-,30-,31-,32-/m0/s1. The molecule has 20 heteroatoms. The number of phenols is 1. The van der Waals surface area contributed by atoms with E-state index in [0.717, 1.165) is 0 Å². The van der Waals surface area contributed by atoms with Gasteiger partial charge in [-0.05, 0) is 41.3 Å². The molecule has 4 aromatic rings. The lowest BCUT2D eigenvalue weighted by Gasteiger charge is -2.26. The van der Waals surface area contributed by atoms with Crippen LogP contribution in [0.3, 0.4) is 0 Å². The van der Waals surface area contributed by atoms with Crippen LogP contribution < -0.4 is 43.8 Å². The summed E-state index contributed by atoms with van der Waals surface area (Å²) in [6, 6.07) is 11.8. The first-order valence-electron chi connectivity index (χ1n) is 18.6. The van der Waals surface area contributed by atoms with Crippen LogP contribution in [0.15, 0.2) is 85.1 Å². The van der Waals surface area contributed by atoms with Crippen molar-refractivity contribution in [2.45, 2.75) is 68.4 Å². The molecule has 0 saturated heterocycles. The molecule has 3 aromatic carbocycles. The normalized spacial score (nSPS) is 14.0. The first-order valence-corrected chi connectivity index (χ1v) is 18.6. The highest BCUT2D eigenvalue weighted by Crippen LogP contribution is 2.20. The highest BCUT2D eigenvalue weighted by atomic mass is 16.4. The Labute approximate surface area is 342 Å². The van der Waals surface area contributed by atoms with Gasteiger partial charge in [-0.1, -0.05) is 60.7 Å². The predicted molar refractivity (Wildman–Crippen MR) is 214 cm³/mol. The molecule has 0 fully saturated rings. The van der Waals surface area contributed by atoms with Crippen molar-refractivity contribution < 1.29 is 53.7 Å². The smallest absolute Gasteiger partial charge is 0.326 e. The third-order valence-corrected chi connectivity index (χ3v) is 9.25. The number of aromatic hydroxyl groups is 1. The van der Waals surface area contributed by atoms with Gasteiger partial charge < -0.3 is 64.1 Å². The van der Waals surface area contributed by atoms with Crippen LogP contribution in [0.5, 0.6) is 5.75 Å². The monoisotopic (exact) mass is 829 g/mol. The molecule has 60 heavy (non-hydrogen) atoms. The van der Waals surface area contributed by atoms with Crippen LogP contribution in [0, 0.1) is 0 Å². The quantitative estimate of drug-likeness (QED) is 0.0391. The van der Waals surface area contributed by atoms with E-state index in [4.69, 9.17) is 17.2 Å². The van der Waals surface area contributed by atoms with Crippen molar-refractivity contribution in [3.05, 3.63) is 102 Å². The number of primary amides is 2. The lowest BCUT2D eigenvalue weighted by molar-refractivity contribution is -0.142. The minimum atomic E-state index is -1.79. The van der Waals surface area contributed by atoms with Gasteiger partial charge in [0.05, 0.1) is 25.5 Å². The van der Waals surface area contributed by atoms with E-state index >= 15 is 0 Å². The second kappa shape index (κ2) is 21.4. The number of aliphatic hydroxyl groups excluding tert-OH is 1. The van der Waals surface area contributed by atoms with E-state index in [1.165, 1.54) is 24.3 Å².